The molecule has 2 N–H and O–H groups in total. The van der Waals surface area contributed by atoms with Crippen LogP contribution in [0.4, 0.5) is 10.5 Å². The van der Waals surface area contributed by atoms with Crippen LogP contribution in [0.3, 0.4) is 0 Å². The highest BCUT2D eigenvalue weighted by molar-refractivity contribution is 5.90. The summed E-state index contributed by atoms with van der Waals surface area (Å²) >= 11 is 0. The molecule has 2 bridgehead atoms. The molecule has 2 fully saturated rings. The molecule has 1 aromatic carbocycles. The van der Waals surface area contributed by atoms with Gasteiger partial charge in [-0.15, -0.1) is 0 Å². The molecule has 0 aliphatic heterocycles. The molecule has 1 heterocycles. The molecule has 6 nitrogen and oxygen atoms in total. The van der Waals surface area contributed by atoms with Crippen LogP contribution in [0.15, 0.2) is 36.7 Å². The van der Waals surface area contributed by atoms with E-state index in [1.165, 1.54) is 19.3 Å². The first-order chi connectivity index (χ1) is 12.2. The van der Waals surface area contributed by atoms with Crippen molar-refractivity contribution < 1.29 is 9.53 Å². The number of hydrogen-bond donors (Lipinski definition) is 2. The van der Waals surface area contributed by atoms with Gasteiger partial charge < -0.3 is 15.4 Å². The smallest absolute Gasteiger partial charge is 0.321 e. The van der Waals surface area contributed by atoms with E-state index in [-0.39, 0.29) is 6.03 Å². The zero-order chi connectivity index (χ0) is 17.2. The third-order valence-electron chi connectivity index (χ3n) is 5.25. The molecule has 1 aromatic heterocycles. The van der Waals surface area contributed by atoms with Crippen molar-refractivity contribution in [3.8, 4) is 11.8 Å². The van der Waals surface area contributed by atoms with Gasteiger partial charge in [0.1, 0.15) is 5.75 Å². The number of carbonyl (C=O) groups is 1. The summed E-state index contributed by atoms with van der Waals surface area (Å²) in [7, 11) is 0. The van der Waals surface area contributed by atoms with Crippen molar-refractivity contribution in [3.05, 3.63) is 42.2 Å². The maximum Gasteiger partial charge on any atom is 0.321 e. The molecule has 3 unspecified atom stereocenters. The lowest BCUT2D eigenvalue weighted by atomic mass is 9.95. The fourth-order valence-electron chi connectivity index (χ4n) is 4.03. The Morgan fingerprint density at radius 2 is 2.04 bits per heavy atom. The summed E-state index contributed by atoms with van der Waals surface area (Å²) < 4.78 is 5.61. The number of nitrogens with zero attached hydrogens (tertiary/aromatic N) is 2. The molecule has 2 saturated carbocycles. The summed E-state index contributed by atoms with van der Waals surface area (Å²) in [5.41, 5.74) is 1.71. The van der Waals surface area contributed by atoms with Crippen LogP contribution in [-0.2, 0) is 0 Å². The number of urea groups is 1. The van der Waals surface area contributed by atoms with E-state index in [1.807, 2.05) is 19.1 Å². The fourth-order valence-corrected chi connectivity index (χ4v) is 4.03. The number of benzene rings is 1. The second-order valence-electron chi connectivity index (χ2n) is 6.99. The molecule has 4 rings (SSSR count). The average Bonchev–Trinajstić information content (AvgIpc) is 3.21. The van der Waals surface area contributed by atoms with Crippen molar-refractivity contribution in [1.29, 1.82) is 0 Å². The van der Waals surface area contributed by atoms with Crippen molar-refractivity contribution in [1.82, 2.24) is 15.3 Å². The lowest BCUT2D eigenvalue weighted by Gasteiger charge is -2.23. The predicted molar refractivity (Wildman–Crippen MR) is 94.7 cm³/mol. The minimum atomic E-state index is -0.124. The van der Waals surface area contributed by atoms with Gasteiger partial charge in [0.15, 0.2) is 0 Å². The lowest BCUT2D eigenvalue weighted by Crippen LogP contribution is -2.41. The fraction of sp³-hybridized carbons (Fsp3) is 0.421. The standard InChI is InChI=1S/C19H22N4O2/c1-12-9-15(25-19-20-7-2-8-21-19)5-6-16(12)22-18(24)23-17-11-13-3-4-14(17)10-13/h2,5-9,13-14,17H,3-4,10-11H2,1H3,(H2,22,23,24). The predicted octanol–water partition coefficient (Wildman–Crippen LogP) is 3.89. The van der Waals surface area contributed by atoms with Crippen molar-refractivity contribution >= 4 is 11.7 Å². The summed E-state index contributed by atoms with van der Waals surface area (Å²) in [5.74, 6) is 2.12. The van der Waals surface area contributed by atoms with E-state index in [0.29, 0.717) is 23.7 Å². The zero-order valence-electron chi connectivity index (χ0n) is 14.2. The molecular weight excluding hydrogens is 316 g/mol. The number of aryl methyl sites for hydroxylation is 1. The van der Waals surface area contributed by atoms with E-state index in [1.54, 1.807) is 24.5 Å². The van der Waals surface area contributed by atoms with E-state index in [9.17, 15) is 4.79 Å². The second-order valence-corrected chi connectivity index (χ2v) is 6.99. The first-order valence-corrected chi connectivity index (χ1v) is 8.80. The monoisotopic (exact) mass is 338 g/mol. The van der Waals surface area contributed by atoms with Crippen LogP contribution in [0, 0.1) is 18.8 Å². The van der Waals surface area contributed by atoms with Gasteiger partial charge in [0, 0.05) is 24.1 Å². The van der Waals surface area contributed by atoms with Crippen molar-refractivity contribution in [3.63, 3.8) is 0 Å². The maximum atomic E-state index is 12.3. The van der Waals surface area contributed by atoms with Gasteiger partial charge in [-0.25, -0.2) is 14.8 Å². The number of nitrogens with one attached hydrogen (secondary N) is 2. The van der Waals surface area contributed by atoms with Crippen LogP contribution in [0.1, 0.15) is 31.2 Å². The largest absolute Gasteiger partial charge is 0.424 e. The molecule has 6 heteroatoms. The molecule has 2 amide bonds. The highest BCUT2D eigenvalue weighted by atomic mass is 16.5. The van der Waals surface area contributed by atoms with Crippen LogP contribution in [0.25, 0.3) is 0 Å². The molecular formula is C19H22N4O2. The number of rotatable bonds is 4. The molecule has 0 radical (unpaired) electrons. The van der Waals surface area contributed by atoms with Gasteiger partial charge in [-0.1, -0.05) is 6.42 Å². The Morgan fingerprint density at radius 3 is 2.72 bits per heavy atom. The summed E-state index contributed by atoms with van der Waals surface area (Å²) in [6.45, 7) is 1.94. The topological polar surface area (TPSA) is 76.1 Å². The molecule has 3 atom stereocenters. The third kappa shape index (κ3) is 3.57. The maximum absolute atomic E-state index is 12.3. The number of aromatic nitrogens is 2. The number of amides is 2. The van der Waals surface area contributed by atoms with E-state index in [2.05, 4.69) is 20.6 Å². The third-order valence-corrected chi connectivity index (χ3v) is 5.25. The molecule has 0 spiro atoms. The zero-order valence-corrected chi connectivity index (χ0v) is 14.2. The van der Waals surface area contributed by atoms with Gasteiger partial charge in [0.05, 0.1) is 0 Å². The molecule has 130 valence electrons. The van der Waals surface area contributed by atoms with E-state index in [4.69, 9.17) is 4.74 Å². The Morgan fingerprint density at radius 1 is 1.20 bits per heavy atom. The lowest BCUT2D eigenvalue weighted by molar-refractivity contribution is 0.242. The Balaban J connectivity index is 1.36. The quantitative estimate of drug-likeness (QED) is 0.887. The minimum absolute atomic E-state index is 0.124. The van der Waals surface area contributed by atoms with Crippen LogP contribution in [0.2, 0.25) is 0 Å². The van der Waals surface area contributed by atoms with Gasteiger partial charge in [-0.05, 0) is 67.9 Å². The molecule has 2 aliphatic carbocycles. The van der Waals surface area contributed by atoms with Crippen LogP contribution in [0.5, 0.6) is 11.8 Å². The average molecular weight is 338 g/mol. The van der Waals surface area contributed by atoms with Crippen LogP contribution < -0.4 is 15.4 Å². The van der Waals surface area contributed by atoms with Gasteiger partial charge >= 0.3 is 12.0 Å². The number of fused-ring (bicyclic) bond motifs is 2. The van der Waals surface area contributed by atoms with E-state index in [0.717, 1.165) is 23.6 Å². The SMILES string of the molecule is Cc1cc(Oc2ncccn2)ccc1NC(=O)NC1CC2CCC1C2. The number of ether oxygens (including phenoxy) is 1. The van der Waals surface area contributed by atoms with Crippen molar-refractivity contribution in [2.24, 2.45) is 11.8 Å². The Hall–Kier alpha value is -2.63. The summed E-state index contributed by atoms with van der Waals surface area (Å²) in [4.78, 5) is 20.4. The molecule has 0 saturated heterocycles. The highest BCUT2D eigenvalue weighted by Crippen LogP contribution is 2.44. The molecule has 25 heavy (non-hydrogen) atoms. The number of anilines is 1. The van der Waals surface area contributed by atoms with Crippen LogP contribution in [-0.4, -0.2) is 22.0 Å². The Labute approximate surface area is 147 Å². The first-order valence-electron chi connectivity index (χ1n) is 8.80. The molecule has 2 aromatic rings. The molecule has 2 aliphatic rings. The van der Waals surface area contributed by atoms with Gasteiger partial charge in [0.2, 0.25) is 0 Å². The highest BCUT2D eigenvalue weighted by Gasteiger charge is 2.40. The van der Waals surface area contributed by atoms with Crippen LogP contribution >= 0.6 is 0 Å². The summed E-state index contributed by atoms with van der Waals surface area (Å²) in [6, 6.07) is 7.75. The Kier molecular flexibility index (Phi) is 4.26. The first kappa shape index (κ1) is 15.9. The van der Waals surface area contributed by atoms with Gasteiger partial charge in [-0.3, -0.25) is 0 Å². The Bertz CT molecular complexity index is 765. The van der Waals surface area contributed by atoms with Gasteiger partial charge in [-0.2, -0.15) is 0 Å². The number of hydrogen-bond acceptors (Lipinski definition) is 4. The van der Waals surface area contributed by atoms with Crippen molar-refractivity contribution in [2.45, 2.75) is 38.6 Å². The van der Waals surface area contributed by atoms with Crippen molar-refractivity contribution in [2.75, 3.05) is 5.32 Å². The number of carbonyl (C=O) groups excluding carboxylic acids is 1. The normalized spacial score (nSPS) is 24.1. The summed E-state index contributed by atoms with van der Waals surface area (Å²) in [6.07, 6.45) is 8.24. The second kappa shape index (κ2) is 6.70. The van der Waals surface area contributed by atoms with Gasteiger partial charge in [0.25, 0.3) is 0 Å². The summed E-state index contributed by atoms with van der Waals surface area (Å²) in [5, 5.41) is 6.09. The van der Waals surface area contributed by atoms with E-state index < -0.39 is 0 Å². The van der Waals surface area contributed by atoms with E-state index >= 15 is 0 Å². The minimum Gasteiger partial charge on any atom is -0.424 e.